The van der Waals surface area contributed by atoms with Crippen molar-refractivity contribution in [2.24, 2.45) is 11.8 Å². The lowest BCUT2D eigenvalue weighted by Gasteiger charge is -2.37. The molecule has 1 saturated heterocycles. The van der Waals surface area contributed by atoms with Gasteiger partial charge in [-0.3, -0.25) is 9.78 Å². The normalized spacial score (nSPS) is 18.8. The Hall–Kier alpha value is -3.09. The molecular formula is C25H33N3O4. The highest BCUT2D eigenvalue weighted by Crippen LogP contribution is 2.30. The zero-order valence-corrected chi connectivity index (χ0v) is 19.4. The van der Waals surface area contributed by atoms with E-state index in [4.69, 9.17) is 9.47 Å². The van der Waals surface area contributed by atoms with Gasteiger partial charge < -0.3 is 19.7 Å². The monoisotopic (exact) mass is 439 g/mol. The third kappa shape index (κ3) is 5.99. The second-order valence-corrected chi connectivity index (χ2v) is 9.20. The van der Waals surface area contributed by atoms with E-state index in [-0.39, 0.29) is 17.9 Å². The summed E-state index contributed by atoms with van der Waals surface area (Å²) in [7, 11) is 1.61. The molecule has 2 heterocycles. The molecule has 1 fully saturated rings. The largest absolute Gasteiger partial charge is 0.497 e. The molecule has 0 unspecified atom stereocenters. The van der Waals surface area contributed by atoms with Crippen molar-refractivity contribution in [1.82, 2.24) is 9.88 Å². The van der Waals surface area contributed by atoms with E-state index in [9.17, 15) is 9.59 Å². The van der Waals surface area contributed by atoms with Crippen LogP contribution < -0.4 is 10.1 Å². The Morgan fingerprint density at radius 3 is 2.78 bits per heavy atom. The number of ether oxygens (including phenoxy) is 2. The van der Waals surface area contributed by atoms with Crippen LogP contribution in [0.15, 0.2) is 43.1 Å². The number of nitrogens with one attached hydrogen (secondary N) is 1. The zero-order valence-electron chi connectivity index (χ0n) is 19.4. The molecule has 1 N–H and O–H groups in total. The third-order valence-corrected chi connectivity index (χ3v) is 5.73. The number of benzene rings is 1. The van der Waals surface area contributed by atoms with E-state index in [1.165, 1.54) is 0 Å². The minimum absolute atomic E-state index is 0.0438. The summed E-state index contributed by atoms with van der Waals surface area (Å²) in [6.45, 7) is 10.7. The topological polar surface area (TPSA) is 80.8 Å². The van der Waals surface area contributed by atoms with Crippen LogP contribution in [0.25, 0.3) is 10.9 Å². The van der Waals surface area contributed by atoms with Crippen molar-refractivity contribution in [2.45, 2.75) is 45.6 Å². The average Bonchev–Trinajstić information content (AvgIpc) is 2.76. The molecule has 0 aliphatic carbocycles. The summed E-state index contributed by atoms with van der Waals surface area (Å²) in [6, 6.07) is 7.39. The van der Waals surface area contributed by atoms with Gasteiger partial charge in [0, 0.05) is 31.1 Å². The van der Waals surface area contributed by atoms with Crippen molar-refractivity contribution in [1.29, 1.82) is 0 Å². The Labute approximate surface area is 189 Å². The molecule has 0 radical (unpaired) electrons. The first kappa shape index (κ1) is 23.6. The van der Waals surface area contributed by atoms with Gasteiger partial charge in [-0.05, 0) is 69.7 Å². The zero-order chi connectivity index (χ0) is 23.3. The van der Waals surface area contributed by atoms with E-state index < -0.39 is 5.60 Å². The fourth-order valence-corrected chi connectivity index (χ4v) is 4.04. The van der Waals surface area contributed by atoms with E-state index in [0.717, 1.165) is 29.4 Å². The smallest absolute Gasteiger partial charge is 0.410 e. The number of hydrogen-bond acceptors (Lipinski definition) is 5. The number of carbonyl (C=O) groups is 2. The number of rotatable bonds is 6. The van der Waals surface area contributed by atoms with Crippen LogP contribution in [-0.4, -0.2) is 47.7 Å². The molecule has 172 valence electrons. The third-order valence-electron chi connectivity index (χ3n) is 5.73. The van der Waals surface area contributed by atoms with E-state index in [1.807, 2.05) is 45.0 Å². The number of likely N-dealkylation sites (tertiary alicyclic amines) is 1. The molecule has 0 bridgehead atoms. The molecule has 7 nitrogen and oxygen atoms in total. The molecule has 7 heteroatoms. The number of fused-ring (bicyclic) bond motifs is 1. The fourth-order valence-electron chi connectivity index (χ4n) is 4.04. The molecule has 1 aliphatic rings. The summed E-state index contributed by atoms with van der Waals surface area (Å²) in [5.41, 5.74) is 1.00. The molecule has 3 rings (SSSR count). The molecule has 0 spiro atoms. The maximum Gasteiger partial charge on any atom is 0.410 e. The van der Waals surface area contributed by atoms with Crippen LogP contribution in [0.5, 0.6) is 5.75 Å². The van der Waals surface area contributed by atoms with Crippen molar-refractivity contribution < 1.29 is 19.1 Å². The lowest BCUT2D eigenvalue weighted by atomic mass is 9.82. The molecule has 1 aliphatic heterocycles. The van der Waals surface area contributed by atoms with Crippen molar-refractivity contribution in [3.8, 4) is 5.75 Å². The number of pyridine rings is 1. The number of carbonyl (C=O) groups excluding carboxylic acids is 2. The quantitative estimate of drug-likeness (QED) is 0.639. The Morgan fingerprint density at radius 1 is 1.31 bits per heavy atom. The van der Waals surface area contributed by atoms with Gasteiger partial charge in [0.05, 0.1) is 18.3 Å². The van der Waals surface area contributed by atoms with Crippen molar-refractivity contribution in [2.75, 3.05) is 25.5 Å². The number of nitrogens with zero attached hydrogens (tertiary/aromatic N) is 2. The first-order valence-corrected chi connectivity index (χ1v) is 11.0. The van der Waals surface area contributed by atoms with Crippen LogP contribution in [0.2, 0.25) is 0 Å². The molecule has 1 aromatic heterocycles. The van der Waals surface area contributed by atoms with Crippen LogP contribution in [0, 0.1) is 11.8 Å². The number of amides is 2. The van der Waals surface area contributed by atoms with Crippen molar-refractivity contribution >= 4 is 28.6 Å². The molecule has 2 aromatic rings. The van der Waals surface area contributed by atoms with Crippen molar-refractivity contribution in [3.05, 3.63) is 43.1 Å². The van der Waals surface area contributed by atoms with Gasteiger partial charge in [-0.2, -0.15) is 0 Å². The highest BCUT2D eigenvalue weighted by atomic mass is 16.6. The molecular weight excluding hydrogens is 406 g/mol. The summed E-state index contributed by atoms with van der Waals surface area (Å²) >= 11 is 0. The van der Waals surface area contributed by atoms with E-state index >= 15 is 0 Å². The van der Waals surface area contributed by atoms with Crippen molar-refractivity contribution in [3.63, 3.8) is 0 Å². The number of aromatic nitrogens is 1. The molecule has 1 aromatic carbocycles. The molecule has 32 heavy (non-hydrogen) atoms. The first-order valence-electron chi connectivity index (χ1n) is 11.0. The summed E-state index contributed by atoms with van der Waals surface area (Å²) in [5, 5.41) is 3.86. The van der Waals surface area contributed by atoms with Gasteiger partial charge in [-0.15, -0.1) is 6.58 Å². The minimum Gasteiger partial charge on any atom is -0.497 e. The predicted molar refractivity (Wildman–Crippen MR) is 126 cm³/mol. The van der Waals surface area contributed by atoms with Gasteiger partial charge >= 0.3 is 6.09 Å². The Bertz CT molecular complexity index is 983. The van der Waals surface area contributed by atoms with Gasteiger partial charge in [0.1, 0.15) is 11.4 Å². The summed E-state index contributed by atoms with van der Waals surface area (Å²) in [5.74, 6) is 1.10. The van der Waals surface area contributed by atoms with Crippen LogP contribution in [-0.2, 0) is 9.53 Å². The van der Waals surface area contributed by atoms with Crippen LogP contribution in [0.4, 0.5) is 10.5 Å². The second-order valence-electron chi connectivity index (χ2n) is 9.20. The lowest BCUT2D eigenvalue weighted by Crippen LogP contribution is -2.45. The summed E-state index contributed by atoms with van der Waals surface area (Å²) in [6.07, 6.45) is 5.23. The SMILES string of the molecule is C=C[C@H]1CN(C(=O)OC(C)(C)C)CC[C@H]1CCC(=O)Nc1ccnc2ccc(OC)cc12. The maximum atomic E-state index is 12.7. The highest BCUT2D eigenvalue weighted by molar-refractivity contribution is 6.01. The fraction of sp³-hybridized carbons (Fsp3) is 0.480. The van der Waals surface area contributed by atoms with Gasteiger partial charge in [-0.1, -0.05) is 6.08 Å². The van der Waals surface area contributed by atoms with E-state index in [0.29, 0.717) is 31.2 Å². The number of piperidine rings is 1. The Balaban J connectivity index is 1.58. The first-order chi connectivity index (χ1) is 15.2. The highest BCUT2D eigenvalue weighted by Gasteiger charge is 2.32. The average molecular weight is 440 g/mol. The standard InChI is InChI=1S/C25H33N3O4/c1-6-17-16-28(24(30)32-25(2,3)4)14-12-18(17)7-10-23(29)27-22-11-13-26-21-9-8-19(31-5)15-20(21)22/h6,8-9,11,13,15,17-18H,1,7,10,12,14,16H2,2-5H3,(H,26,27,29)/t17-,18+/m0/s1. The van der Waals surface area contributed by atoms with Gasteiger partial charge in [0.2, 0.25) is 5.91 Å². The predicted octanol–water partition coefficient (Wildman–Crippen LogP) is 5.02. The maximum absolute atomic E-state index is 12.7. The molecule has 2 amide bonds. The van der Waals surface area contributed by atoms with Crippen LogP contribution >= 0.6 is 0 Å². The van der Waals surface area contributed by atoms with Gasteiger partial charge in [0.15, 0.2) is 0 Å². The van der Waals surface area contributed by atoms with Crippen LogP contribution in [0.1, 0.15) is 40.0 Å². The number of methoxy groups -OCH3 is 1. The Kier molecular flexibility index (Phi) is 7.38. The molecule has 0 saturated carbocycles. The number of anilines is 1. The van der Waals surface area contributed by atoms with Gasteiger partial charge in [0.25, 0.3) is 0 Å². The summed E-state index contributed by atoms with van der Waals surface area (Å²) < 4.78 is 10.8. The second kappa shape index (κ2) is 10.0. The van der Waals surface area contributed by atoms with E-state index in [2.05, 4.69) is 16.9 Å². The summed E-state index contributed by atoms with van der Waals surface area (Å²) in [4.78, 5) is 31.2. The lowest BCUT2D eigenvalue weighted by molar-refractivity contribution is -0.116. The van der Waals surface area contributed by atoms with Crippen LogP contribution in [0.3, 0.4) is 0 Å². The minimum atomic E-state index is -0.517. The van der Waals surface area contributed by atoms with E-state index in [1.54, 1.807) is 24.3 Å². The van der Waals surface area contributed by atoms with Gasteiger partial charge in [-0.25, -0.2) is 4.79 Å². The number of hydrogen-bond donors (Lipinski definition) is 1. The Morgan fingerprint density at radius 2 is 2.09 bits per heavy atom. The molecule has 2 atom stereocenters.